The van der Waals surface area contributed by atoms with Gasteiger partial charge in [0.15, 0.2) is 0 Å². The number of aromatic nitrogens is 1. The molecule has 1 fully saturated rings. The fourth-order valence-electron chi connectivity index (χ4n) is 1.72. The number of hydrogen-bond donors (Lipinski definition) is 2. The van der Waals surface area contributed by atoms with Crippen molar-refractivity contribution >= 4 is 0 Å². The van der Waals surface area contributed by atoms with Crippen LogP contribution < -0.4 is 0 Å². The lowest BCUT2D eigenvalue weighted by Crippen LogP contribution is -2.22. The molecule has 14 heavy (non-hydrogen) atoms. The van der Waals surface area contributed by atoms with E-state index < -0.39 is 12.2 Å². The maximum Gasteiger partial charge on any atom is 0.0938 e. The Labute approximate surface area is 82.8 Å². The summed E-state index contributed by atoms with van der Waals surface area (Å²) < 4.78 is 0. The van der Waals surface area contributed by atoms with E-state index in [4.69, 9.17) is 0 Å². The van der Waals surface area contributed by atoms with Crippen LogP contribution in [-0.4, -0.2) is 45.4 Å². The summed E-state index contributed by atoms with van der Waals surface area (Å²) >= 11 is 0. The molecule has 0 unspecified atom stereocenters. The van der Waals surface area contributed by atoms with Crippen LogP contribution in [0, 0.1) is 0 Å². The van der Waals surface area contributed by atoms with Gasteiger partial charge >= 0.3 is 0 Å². The van der Waals surface area contributed by atoms with Crippen molar-refractivity contribution in [3.8, 4) is 0 Å². The van der Waals surface area contributed by atoms with Crippen molar-refractivity contribution in [2.75, 3.05) is 13.1 Å². The van der Waals surface area contributed by atoms with E-state index in [1.165, 1.54) is 0 Å². The Morgan fingerprint density at radius 1 is 1.21 bits per heavy atom. The van der Waals surface area contributed by atoms with Gasteiger partial charge in [0.05, 0.1) is 12.2 Å². The van der Waals surface area contributed by atoms with Gasteiger partial charge in [0, 0.05) is 32.0 Å². The van der Waals surface area contributed by atoms with E-state index in [9.17, 15) is 10.2 Å². The zero-order valence-electron chi connectivity index (χ0n) is 7.87. The van der Waals surface area contributed by atoms with E-state index in [0.717, 1.165) is 12.1 Å². The SMILES string of the molecule is O[C@H]1CN(Cc2ccncc2)C[C@@H]1O. The quantitative estimate of drug-likeness (QED) is 0.674. The van der Waals surface area contributed by atoms with Gasteiger partial charge in [0.25, 0.3) is 0 Å². The predicted molar refractivity (Wildman–Crippen MR) is 51.5 cm³/mol. The highest BCUT2D eigenvalue weighted by Crippen LogP contribution is 2.13. The molecule has 2 rings (SSSR count). The molecule has 0 bridgehead atoms. The van der Waals surface area contributed by atoms with Crippen molar-refractivity contribution in [3.63, 3.8) is 0 Å². The molecule has 76 valence electrons. The summed E-state index contributed by atoms with van der Waals surface area (Å²) in [7, 11) is 0. The van der Waals surface area contributed by atoms with Crippen LogP contribution in [0.5, 0.6) is 0 Å². The third-order valence-electron chi connectivity index (χ3n) is 2.49. The first-order chi connectivity index (χ1) is 6.75. The van der Waals surface area contributed by atoms with Gasteiger partial charge in [-0.25, -0.2) is 0 Å². The summed E-state index contributed by atoms with van der Waals surface area (Å²) in [5.41, 5.74) is 1.15. The third-order valence-corrected chi connectivity index (χ3v) is 2.49. The van der Waals surface area contributed by atoms with Crippen LogP contribution in [0.2, 0.25) is 0 Å². The minimum absolute atomic E-state index is 0.545. The Hall–Kier alpha value is -0.970. The molecule has 2 heterocycles. The highest BCUT2D eigenvalue weighted by Gasteiger charge is 2.29. The topological polar surface area (TPSA) is 56.6 Å². The smallest absolute Gasteiger partial charge is 0.0938 e. The summed E-state index contributed by atoms with van der Waals surface area (Å²) in [6, 6.07) is 3.88. The lowest BCUT2D eigenvalue weighted by molar-refractivity contribution is 0.0572. The lowest BCUT2D eigenvalue weighted by Gasteiger charge is -2.13. The second kappa shape index (κ2) is 4.04. The second-order valence-electron chi connectivity index (χ2n) is 3.68. The molecule has 0 amide bonds. The molecule has 2 atom stereocenters. The summed E-state index contributed by atoms with van der Waals surface area (Å²) in [5, 5.41) is 18.7. The van der Waals surface area contributed by atoms with Crippen LogP contribution in [0.1, 0.15) is 5.56 Å². The molecule has 0 spiro atoms. The fraction of sp³-hybridized carbons (Fsp3) is 0.500. The van der Waals surface area contributed by atoms with Crippen molar-refractivity contribution in [2.45, 2.75) is 18.8 Å². The van der Waals surface area contributed by atoms with E-state index in [1.54, 1.807) is 12.4 Å². The normalized spacial score (nSPS) is 28.1. The van der Waals surface area contributed by atoms with Crippen LogP contribution >= 0.6 is 0 Å². The average Bonchev–Trinajstić information content (AvgIpc) is 2.47. The van der Waals surface area contributed by atoms with Crippen LogP contribution in [0.3, 0.4) is 0 Å². The number of rotatable bonds is 2. The zero-order valence-corrected chi connectivity index (χ0v) is 7.87. The highest BCUT2D eigenvalue weighted by molar-refractivity contribution is 5.09. The van der Waals surface area contributed by atoms with Crippen LogP contribution in [0.25, 0.3) is 0 Å². The van der Waals surface area contributed by atoms with E-state index in [1.807, 2.05) is 17.0 Å². The first kappa shape index (κ1) is 9.58. The Kier molecular flexibility index (Phi) is 2.77. The third kappa shape index (κ3) is 2.09. The summed E-state index contributed by atoms with van der Waals surface area (Å²) in [4.78, 5) is 5.96. The maximum absolute atomic E-state index is 9.34. The summed E-state index contributed by atoms with van der Waals surface area (Å²) in [6.45, 7) is 1.85. The van der Waals surface area contributed by atoms with Crippen molar-refractivity contribution in [3.05, 3.63) is 30.1 Å². The molecule has 1 aromatic rings. The average molecular weight is 194 g/mol. The molecule has 0 aromatic carbocycles. The van der Waals surface area contributed by atoms with Crippen LogP contribution in [0.4, 0.5) is 0 Å². The minimum Gasteiger partial charge on any atom is -0.389 e. The maximum atomic E-state index is 9.34. The molecule has 1 aromatic heterocycles. The van der Waals surface area contributed by atoms with Crippen molar-refractivity contribution < 1.29 is 10.2 Å². The molecule has 4 nitrogen and oxygen atoms in total. The number of likely N-dealkylation sites (tertiary alicyclic amines) is 1. The van der Waals surface area contributed by atoms with Gasteiger partial charge in [0.2, 0.25) is 0 Å². The first-order valence-corrected chi connectivity index (χ1v) is 4.73. The van der Waals surface area contributed by atoms with Gasteiger partial charge in [-0.1, -0.05) is 0 Å². The molecule has 4 heteroatoms. The first-order valence-electron chi connectivity index (χ1n) is 4.73. The zero-order chi connectivity index (χ0) is 9.97. The monoisotopic (exact) mass is 194 g/mol. The summed E-state index contributed by atoms with van der Waals surface area (Å²) in [5.74, 6) is 0. The Morgan fingerprint density at radius 3 is 2.36 bits per heavy atom. The molecular formula is C10H14N2O2. The standard InChI is InChI=1S/C10H14N2O2/c13-9-6-12(7-10(9)14)5-8-1-3-11-4-2-8/h1-4,9-10,13-14H,5-7H2/t9-,10-/m0/s1. The highest BCUT2D eigenvalue weighted by atomic mass is 16.3. The molecule has 0 saturated carbocycles. The predicted octanol–water partition coefficient (Wildman–Crippen LogP) is -0.381. The van der Waals surface area contributed by atoms with Gasteiger partial charge in [-0.3, -0.25) is 9.88 Å². The van der Waals surface area contributed by atoms with Gasteiger partial charge < -0.3 is 10.2 Å². The molecule has 0 aliphatic carbocycles. The molecule has 1 aliphatic rings. The van der Waals surface area contributed by atoms with Crippen molar-refractivity contribution in [2.24, 2.45) is 0 Å². The molecule has 1 saturated heterocycles. The van der Waals surface area contributed by atoms with Gasteiger partial charge in [-0.15, -0.1) is 0 Å². The van der Waals surface area contributed by atoms with E-state index >= 15 is 0 Å². The van der Waals surface area contributed by atoms with Crippen LogP contribution in [0.15, 0.2) is 24.5 Å². The number of hydrogen-bond acceptors (Lipinski definition) is 4. The van der Waals surface area contributed by atoms with Crippen LogP contribution in [-0.2, 0) is 6.54 Å². The number of β-amino-alcohol motifs (C(OH)–C–C–N with tert-alkyl or cyclic N) is 2. The lowest BCUT2D eigenvalue weighted by atomic mass is 10.2. The molecular weight excluding hydrogens is 180 g/mol. The Balaban J connectivity index is 1.94. The molecule has 1 aliphatic heterocycles. The van der Waals surface area contributed by atoms with Crippen molar-refractivity contribution in [1.82, 2.24) is 9.88 Å². The fourth-order valence-corrected chi connectivity index (χ4v) is 1.72. The van der Waals surface area contributed by atoms with Gasteiger partial charge in [-0.05, 0) is 17.7 Å². The molecule has 0 radical (unpaired) electrons. The van der Waals surface area contributed by atoms with E-state index in [0.29, 0.717) is 13.1 Å². The number of aliphatic hydroxyl groups is 2. The Morgan fingerprint density at radius 2 is 1.79 bits per heavy atom. The number of pyridine rings is 1. The van der Waals surface area contributed by atoms with E-state index in [2.05, 4.69) is 4.98 Å². The second-order valence-corrected chi connectivity index (χ2v) is 3.68. The number of nitrogens with zero attached hydrogens (tertiary/aromatic N) is 2. The van der Waals surface area contributed by atoms with Gasteiger partial charge in [-0.2, -0.15) is 0 Å². The largest absolute Gasteiger partial charge is 0.389 e. The Bertz CT molecular complexity index is 281. The summed E-state index contributed by atoms with van der Waals surface area (Å²) in [6.07, 6.45) is 2.30. The molecule has 2 N–H and O–H groups in total. The van der Waals surface area contributed by atoms with Crippen molar-refractivity contribution in [1.29, 1.82) is 0 Å². The van der Waals surface area contributed by atoms with Gasteiger partial charge in [0.1, 0.15) is 0 Å². The van der Waals surface area contributed by atoms with E-state index in [-0.39, 0.29) is 0 Å². The number of aliphatic hydroxyl groups excluding tert-OH is 2. The minimum atomic E-state index is -0.600.